The van der Waals surface area contributed by atoms with Crippen molar-refractivity contribution in [2.45, 2.75) is 18.9 Å². The molecule has 1 unspecified atom stereocenters. The van der Waals surface area contributed by atoms with Crippen molar-refractivity contribution in [2.24, 2.45) is 17.0 Å². The lowest BCUT2D eigenvalue weighted by Gasteiger charge is -2.14. The van der Waals surface area contributed by atoms with E-state index in [0.29, 0.717) is 23.2 Å². The Balaban J connectivity index is 1.52. The smallest absolute Gasteiger partial charge is 0.333 e. The van der Waals surface area contributed by atoms with Crippen molar-refractivity contribution >= 4 is 30.0 Å². The van der Waals surface area contributed by atoms with Crippen molar-refractivity contribution in [1.82, 2.24) is 14.9 Å². The Morgan fingerprint density at radius 3 is 2.71 bits per heavy atom. The van der Waals surface area contributed by atoms with Crippen molar-refractivity contribution in [2.75, 3.05) is 0 Å². The molecule has 2 aromatic rings. The molecule has 1 N–H and O–H groups in total. The minimum Gasteiger partial charge on any atom is -0.333 e. The van der Waals surface area contributed by atoms with Gasteiger partial charge in [0.05, 0.1) is 12.4 Å². The minimum atomic E-state index is -4.47. The zero-order chi connectivity index (χ0) is 19.9. The molecule has 1 aromatic carbocycles. The Bertz CT molecular complexity index is 1030. The van der Waals surface area contributed by atoms with Crippen LogP contribution in [0.3, 0.4) is 0 Å². The van der Waals surface area contributed by atoms with Gasteiger partial charge in [-0.3, -0.25) is 0 Å². The third-order valence-electron chi connectivity index (χ3n) is 4.31. The zero-order valence-electron chi connectivity index (χ0n) is 14.7. The predicted octanol–water partition coefficient (Wildman–Crippen LogP) is 3.14. The number of aromatic nitrogens is 2. The lowest BCUT2D eigenvalue weighted by atomic mass is 10.1. The van der Waals surface area contributed by atoms with E-state index in [2.05, 4.69) is 20.3 Å². The van der Waals surface area contributed by atoms with Crippen LogP contribution in [0.5, 0.6) is 0 Å². The first-order valence-corrected chi connectivity index (χ1v) is 8.73. The maximum atomic E-state index is 12.8. The molecular weight excluding hydrogens is 393 g/mol. The summed E-state index contributed by atoms with van der Waals surface area (Å²) >= 11 is 6.06. The van der Waals surface area contributed by atoms with Gasteiger partial charge in [-0.05, 0) is 17.2 Å². The molecule has 2 aliphatic heterocycles. The molecule has 0 amide bonds. The first kappa shape index (κ1) is 18.4. The summed E-state index contributed by atoms with van der Waals surface area (Å²) in [6.45, 7) is 0.373. The second kappa shape index (κ2) is 6.90. The Labute approximate surface area is 163 Å². The number of imidazole rings is 1. The molecule has 3 heterocycles. The van der Waals surface area contributed by atoms with E-state index in [1.54, 1.807) is 30.6 Å². The average molecular weight is 408 g/mol. The summed E-state index contributed by atoms with van der Waals surface area (Å²) < 4.78 is 41.7. The molecule has 1 aromatic heterocycles. The van der Waals surface area contributed by atoms with E-state index in [4.69, 9.17) is 11.6 Å². The summed E-state index contributed by atoms with van der Waals surface area (Å²) in [4.78, 5) is 12.5. The average Bonchev–Trinajstić information content (AvgIpc) is 3.26. The topological polar surface area (TPSA) is 57.6 Å². The van der Waals surface area contributed by atoms with Crippen molar-refractivity contribution in [3.63, 3.8) is 0 Å². The van der Waals surface area contributed by atoms with Gasteiger partial charge < -0.3 is 4.57 Å². The van der Waals surface area contributed by atoms with Crippen LogP contribution in [0.4, 0.5) is 13.2 Å². The quantitative estimate of drug-likeness (QED) is 0.627. The lowest BCUT2D eigenvalue weighted by molar-refractivity contribution is -0.434. The predicted molar refractivity (Wildman–Crippen MR) is 100 cm³/mol. The SMILES string of the molecule is Cn1cc(C(F)(F)F)nc1-c1ccc(CN=C2NC(Cl)=CC3N=CC=[N+]23)cc1. The Morgan fingerprint density at radius 2 is 2.04 bits per heavy atom. The molecule has 1 atom stereocenters. The van der Waals surface area contributed by atoms with Gasteiger partial charge in [-0.1, -0.05) is 24.3 Å². The fraction of sp³-hybridized carbons (Fsp3) is 0.222. The molecule has 4 rings (SSSR count). The highest BCUT2D eigenvalue weighted by Gasteiger charge is 2.34. The van der Waals surface area contributed by atoms with E-state index >= 15 is 0 Å². The number of aryl methyl sites for hydroxylation is 1. The van der Waals surface area contributed by atoms with Crippen molar-refractivity contribution in [1.29, 1.82) is 0 Å². The zero-order valence-corrected chi connectivity index (χ0v) is 15.4. The van der Waals surface area contributed by atoms with Gasteiger partial charge in [-0.15, -0.1) is 4.99 Å². The van der Waals surface area contributed by atoms with Gasteiger partial charge >= 0.3 is 12.1 Å². The molecule has 10 heteroatoms. The van der Waals surface area contributed by atoms with Crippen LogP contribution >= 0.6 is 11.6 Å². The van der Waals surface area contributed by atoms with E-state index in [-0.39, 0.29) is 12.0 Å². The molecule has 6 nitrogen and oxygen atoms in total. The highest BCUT2D eigenvalue weighted by molar-refractivity contribution is 6.30. The van der Waals surface area contributed by atoms with E-state index in [9.17, 15) is 13.2 Å². The van der Waals surface area contributed by atoms with Crippen LogP contribution in [0.15, 0.2) is 51.7 Å². The summed E-state index contributed by atoms with van der Waals surface area (Å²) in [6.07, 6.45) is 1.58. The number of nitrogens with zero attached hydrogens (tertiary/aromatic N) is 5. The molecule has 0 bridgehead atoms. The highest BCUT2D eigenvalue weighted by atomic mass is 35.5. The molecular formula is C18H15ClF3N6+. The number of hydrogen-bond acceptors (Lipinski definition) is 3. The molecule has 144 valence electrons. The monoisotopic (exact) mass is 407 g/mol. The third-order valence-corrected chi connectivity index (χ3v) is 4.53. The van der Waals surface area contributed by atoms with Crippen LogP contribution in [0, 0.1) is 0 Å². The number of alkyl halides is 3. The fourth-order valence-electron chi connectivity index (χ4n) is 2.94. The Kier molecular flexibility index (Phi) is 4.54. The van der Waals surface area contributed by atoms with Gasteiger partial charge in [0.1, 0.15) is 12.4 Å². The molecule has 0 radical (unpaired) electrons. The third kappa shape index (κ3) is 3.57. The van der Waals surface area contributed by atoms with Gasteiger partial charge in [-0.25, -0.2) is 19.9 Å². The summed E-state index contributed by atoms with van der Waals surface area (Å²) in [5, 5.41) is 3.45. The second-order valence-electron chi connectivity index (χ2n) is 6.30. The van der Waals surface area contributed by atoms with E-state index in [1.807, 2.05) is 16.7 Å². The maximum absolute atomic E-state index is 12.8. The Morgan fingerprint density at radius 1 is 1.29 bits per heavy atom. The molecule has 0 saturated heterocycles. The van der Waals surface area contributed by atoms with E-state index < -0.39 is 11.9 Å². The number of guanidine groups is 1. The summed E-state index contributed by atoms with van der Waals surface area (Å²) in [5.74, 6) is 0.834. The van der Waals surface area contributed by atoms with Crippen molar-refractivity contribution < 1.29 is 17.7 Å². The number of halogens is 4. The van der Waals surface area contributed by atoms with E-state index in [1.165, 1.54) is 11.6 Å². The van der Waals surface area contributed by atoms with Crippen LogP contribution in [0.2, 0.25) is 0 Å². The summed E-state index contributed by atoms with van der Waals surface area (Å²) in [7, 11) is 1.54. The van der Waals surface area contributed by atoms with Crippen LogP contribution in [-0.2, 0) is 19.8 Å². The molecule has 0 aliphatic carbocycles. The summed E-state index contributed by atoms with van der Waals surface area (Å²) in [5.41, 5.74) is 0.579. The Hall–Kier alpha value is -2.94. The minimum absolute atomic E-state index is 0.193. The largest absolute Gasteiger partial charge is 0.434 e. The summed E-state index contributed by atoms with van der Waals surface area (Å²) in [6, 6.07) is 7.08. The number of fused-ring (bicyclic) bond motifs is 1. The van der Waals surface area contributed by atoms with Gasteiger partial charge in [0.2, 0.25) is 0 Å². The normalized spacial score (nSPS) is 20.0. The molecule has 0 spiro atoms. The standard InChI is InChI=1S/C18H15ClF3N6/c1-27-10-13(18(20,21)22)25-16(27)12-4-2-11(3-5-12)9-24-17-26-14(19)8-15-23-6-7-28(15)17/h2-8,10,15H,9H2,1H3,(H,24,26)/q+1. The molecule has 28 heavy (non-hydrogen) atoms. The van der Waals surface area contributed by atoms with Gasteiger partial charge in [0.25, 0.3) is 0 Å². The van der Waals surface area contributed by atoms with Crippen molar-refractivity contribution in [3.05, 3.63) is 53.0 Å². The van der Waals surface area contributed by atoms with Gasteiger partial charge in [-0.2, -0.15) is 13.2 Å². The number of benzene rings is 1. The molecule has 0 saturated carbocycles. The van der Waals surface area contributed by atoms with Crippen LogP contribution in [0.25, 0.3) is 11.4 Å². The highest BCUT2D eigenvalue weighted by Crippen LogP contribution is 2.30. The van der Waals surface area contributed by atoms with E-state index in [0.717, 1.165) is 11.8 Å². The second-order valence-corrected chi connectivity index (χ2v) is 6.71. The number of hydrogen-bond donors (Lipinski definition) is 1. The molecule has 0 fully saturated rings. The maximum Gasteiger partial charge on any atom is 0.434 e. The number of aliphatic imine (C=N–C) groups is 2. The van der Waals surface area contributed by atoms with Crippen molar-refractivity contribution in [3.8, 4) is 11.4 Å². The van der Waals surface area contributed by atoms with Gasteiger partial charge in [0.15, 0.2) is 17.0 Å². The first-order valence-electron chi connectivity index (χ1n) is 8.35. The number of nitrogens with one attached hydrogen (secondary N) is 1. The van der Waals surface area contributed by atoms with Crippen LogP contribution in [0.1, 0.15) is 11.3 Å². The lowest BCUT2D eigenvalue weighted by Crippen LogP contribution is -2.41. The fourth-order valence-corrected chi connectivity index (χ4v) is 3.14. The first-order chi connectivity index (χ1) is 13.3. The molecule has 2 aliphatic rings. The van der Waals surface area contributed by atoms with Crippen LogP contribution < -0.4 is 5.32 Å². The van der Waals surface area contributed by atoms with Gasteiger partial charge in [0, 0.05) is 24.9 Å². The van der Waals surface area contributed by atoms with Crippen LogP contribution in [-0.4, -0.2) is 38.7 Å². The number of rotatable bonds is 3.